The molecule has 0 saturated heterocycles. The van der Waals surface area contributed by atoms with Crippen LogP contribution in [0.3, 0.4) is 0 Å². The van der Waals surface area contributed by atoms with Gasteiger partial charge in [-0.25, -0.2) is 18.7 Å². The molecule has 4 nitrogen and oxygen atoms in total. The molecule has 0 radical (unpaired) electrons. The second kappa shape index (κ2) is 7.80. The molecule has 0 amide bonds. The zero-order valence-electron chi connectivity index (χ0n) is 16.1. The largest absolute Gasteiger partial charge is 0.367 e. The molecule has 3 aromatic rings. The number of rotatable bonds is 4. The predicted molar refractivity (Wildman–Crippen MR) is 108 cm³/mol. The molecule has 1 aliphatic rings. The minimum atomic E-state index is -0.588. The number of halogens is 2. The van der Waals surface area contributed by atoms with Gasteiger partial charge in [-0.1, -0.05) is 6.07 Å². The quantitative estimate of drug-likeness (QED) is 0.700. The van der Waals surface area contributed by atoms with E-state index in [1.54, 1.807) is 6.33 Å². The van der Waals surface area contributed by atoms with Crippen molar-refractivity contribution in [3.05, 3.63) is 54.4 Å². The number of benzene rings is 2. The van der Waals surface area contributed by atoms with Crippen LogP contribution < -0.4 is 5.32 Å². The lowest BCUT2D eigenvalue weighted by Gasteiger charge is -2.33. The molecular weight excluding hydrogens is 358 g/mol. The Bertz CT molecular complexity index is 961. The maximum Gasteiger partial charge on any atom is 0.137 e. The summed E-state index contributed by atoms with van der Waals surface area (Å²) in [5.74, 6) is -0.400. The van der Waals surface area contributed by atoms with Crippen LogP contribution in [0.15, 0.2) is 42.7 Å². The molecule has 0 bridgehead atoms. The summed E-state index contributed by atoms with van der Waals surface area (Å²) in [6, 6.07) is 10.1. The molecule has 0 unspecified atom stereocenters. The van der Waals surface area contributed by atoms with Gasteiger partial charge in [-0.15, -0.1) is 0 Å². The fourth-order valence-electron chi connectivity index (χ4n) is 4.00. The minimum absolute atomic E-state index is 0.365. The van der Waals surface area contributed by atoms with Gasteiger partial charge in [0.1, 0.15) is 23.8 Å². The van der Waals surface area contributed by atoms with Gasteiger partial charge in [0.05, 0.1) is 5.52 Å². The summed E-state index contributed by atoms with van der Waals surface area (Å²) in [4.78, 5) is 11.1. The molecule has 2 aromatic carbocycles. The van der Waals surface area contributed by atoms with Gasteiger partial charge in [0.15, 0.2) is 0 Å². The monoisotopic (exact) mass is 382 g/mol. The fraction of sp³-hybridized carbons (Fsp3) is 0.364. The first-order valence-electron chi connectivity index (χ1n) is 9.64. The van der Waals surface area contributed by atoms with Crippen LogP contribution in [0.25, 0.3) is 22.0 Å². The number of nitrogens with zero attached hydrogens (tertiary/aromatic N) is 3. The Balaban J connectivity index is 1.62. The van der Waals surface area contributed by atoms with Crippen molar-refractivity contribution in [2.75, 3.05) is 19.4 Å². The first kappa shape index (κ1) is 18.7. The van der Waals surface area contributed by atoms with Crippen molar-refractivity contribution in [2.45, 2.75) is 37.8 Å². The molecule has 1 heterocycles. The average Bonchev–Trinajstić information content (AvgIpc) is 2.67. The van der Waals surface area contributed by atoms with Gasteiger partial charge >= 0.3 is 0 Å². The Morgan fingerprint density at radius 2 is 1.61 bits per heavy atom. The molecular formula is C22H24F2N4. The van der Waals surface area contributed by atoms with Crippen molar-refractivity contribution in [3.8, 4) is 11.1 Å². The van der Waals surface area contributed by atoms with Gasteiger partial charge in [0.2, 0.25) is 0 Å². The van der Waals surface area contributed by atoms with Crippen LogP contribution >= 0.6 is 0 Å². The Hall–Kier alpha value is -2.60. The molecule has 1 aromatic heterocycles. The van der Waals surface area contributed by atoms with E-state index in [4.69, 9.17) is 0 Å². The SMILES string of the molecule is CN(C)C1CCC(Nc2ncnc3ccc(-c4cc(F)cc(F)c4)cc23)CC1. The van der Waals surface area contributed by atoms with E-state index in [0.29, 0.717) is 17.6 Å². The van der Waals surface area contributed by atoms with Crippen LogP contribution in [0.2, 0.25) is 0 Å². The molecule has 0 spiro atoms. The summed E-state index contributed by atoms with van der Waals surface area (Å²) in [5, 5.41) is 4.43. The fourth-order valence-corrected chi connectivity index (χ4v) is 4.00. The van der Waals surface area contributed by atoms with Crippen molar-refractivity contribution in [3.63, 3.8) is 0 Å². The van der Waals surface area contributed by atoms with Crippen molar-refractivity contribution in [2.24, 2.45) is 0 Å². The van der Waals surface area contributed by atoms with Crippen LogP contribution in [-0.2, 0) is 0 Å². The van der Waals surface area contributed by atoms with Crippen LogP contribution in [0.5, 0.6) is 0 Å². The molecule has 28 heavy (non-hydrogen) atoms. The number of hydrogen-bond donors (Lipinski definition) is 1. The first-order valence-corrected chi connectivity index (χ1v) is 9.64. The van der Waals surface area contributed by atoms with Gasteiger partial charge in [-0.3, -0.25) is 0 Å². The molecule has 6 heteroatoms. The third-order valence-corrected chi connectivity index (χ3v) is 5.60. The van der Waals surface area contributed by atoms with E-state index in [2.05, 4.69) is 34.3 Å². The Kier molecular flexibility index (Phi) is 5.22. The van der Waals surface area contributed by atoms with Crippen molar-refractivity contribution in [1.29, 1.82) is 0 Å². The van der Waals surface area contributed by atoms with Gasteiger partial charge in [0, 0.05) is 23.5 Å². The number of fused-ring (bicyclic) bond motifs is 1. The second-order valence-corrected chi connectivity index (χ2v) is 7.73. The standard InChI is InChI=1S/C22H24F2N4/c1-28(2)19-6-4-18(5-7-19)27-22-20-11-14(3-8-21(20)25-13-26-22)15-9-16(23)12-17(24)10-15/h3,8-13,18-19H,4-7H2,1-2H3,(H,25,26,27). The molecule has 1 fully saturated rings. The highest BCUT2D eigenvalue weighted by Crippen LogP contribution is 2.30. The Labute approximate surface area is 163 Å². The normalized spacial score (nSPS) is 19.9. The summed E-state index contributed by atoms with van der Waals surface area (Å²) < 4.78 is 27.2. The first-order chi connectivity index (χ1) is 13.5. The van der Waals surface area contributed by atoms with E-state index in [0.717, 1.165) is 54.0 Å². The van der Waals surface area contributed by atoms with Gasteiger partial charge in [-0.2, -0.15) is 0 Å². The van der Waals surface area contributed by atoms with Gasteiger partial charge in [-0.05, 0) is 75.2 Å². The highest BCUT2D eigenvalue weighted by atomic mass is 19.1. The molecule has 0 aliphatic heterocycles. The van der Waals surface area contributed by atoms with Crippen LogP contribution in [0.4, 0.5) is 14.6 Å². The summed E-state index contributed by atoms with van der Waals surface area (Å²) in [5.41, 5.74) is 2.04. The maximum absolute atomic E-state index is 13.6. The summed E-state index contributed by atoms with van der Waals surface area (Å²) in [7, 11) is 4.26. The second-order valence-electron chi connectivity index (χ2n) is 7.73. The van der Waals surface area contributed by atoms with Crippen LogP contribution in [0.1, 0.15) is 25.7 Å². The van der Waals surface area contributed by atoms with E-state index in [1.807, 2.05) is 18.2 Å². The number of aromatic nitrogens is 2. The zero-order chi connectivity index (χ0) is 19.7. The molecule has 0 atom stereocenters. The highest BCUT2D eigenvalue weighted by Gasteiger charge is 2.23. The lowest BCUT2D eigenvalue weighted by Crippen LogP contribution is -2.36. The number of hydrogen-bond acceptors (Lipinski definition) is 4. The van der Waals surface area contributed by atoms with Crippen LogP contribution in [-0.4, -0.2) is 41.0 Å². The maximum atomic E-state index is 13.6. The molecule has 1 N–H and O–H groups in total. The summed E-state index contributed by atoms with van der Waals surface area (Å²) in [6.07, 6.45) is 6.03. The van der Waals surface area contributed by atoms with Gasteiger partial charge in [0.25, 0.3) is 0 Å². The highest BCUT2D eigenvalue weighted by molar-refractivity contribution is 5.92. The minimum Gasteiger partial charge on any atom is -0.367 e. The smallest absolute Gasteiger partial charge is 0.137 e. The number of anilines is 1. The lowest BCUT2D eigenvalue weighted by molar-refractivity contribution is 0.221. The predicted octanol–water partition coefficient (Wildman–Crippen LogP) is 4.86. The van der Waals surface area contributed by atoms with Crippen molar-refractivity contribution >= 4 is 16.7 Å². The van der Waals surface area contributed by atoms with E-state index in [-0.39, 0.29) is 0 Å². The van der Waals surface area contributed by atoms with E-state index in [9.17, 15) is 8.78 Å². The zero-order valence-corrected chi connectivity index (χ0v) is 16.1. The van der Waals surface area contributed by atoms with Crippen molar-refractivity contribution < 1.29 is 8.78 Å². The van der Waals surface area contributed by atoms with E-state index in [1.165, 1.54) is 12.1 Å². The summed E-state index contributed by atoms with van der Waals surface area (Å²) in [6.45, 7) is 0. The van der Waals surface area contributed by atoms with E-state index >= 15 is 0 Å². The van der Waals surface area contributed by atoms with Crippen molar-refractivity contribution in [1.82, 2.24) is 14.9 Å². The average molecular weight is 382 g/mol. The molecule has 1 saturated carbocycles. The molecule has 146 valence electrons. The molecule has 1 aliphatic carbocycles. The Morgan fingerprint density at radius 1 is 0.893 bits per heavy atom. The topological polar surface area (TPSA) is 41.0 Å². The molecule has 4 rings (SSSR count). The Morgan fingerprint density at radius 3 is 2.29 bits per heavy atom. The lowest BCUT2D eigenvalue weighted by atomic mass is 9.90. The van der Waals surface area contributed by atoms with Crippen LogP contribution in [0, 0.1) is 11.6 Å². The summed E-state index contributed by atoms with van der Waals surface area (Å²) >= 11 is 0. The van der Waals surface area contributed by atoms with E-state index < -0.39 is 11.6 Å². The van der Waals surface area contributed by atoms with Gasteiger partial charge < -0.3 is 10.2 Å². The third-order valence-electron chi connectivity index (χ3n) is 5.60. The number of nitrogens with one attached hydrogen (secondary N) is 1. The third kappa shape index (κ3) is 3.97.